The number of nitrogens with zero attached hydrogens (tertiary/aromatic N) is 1. The van der Waals surface area contributed by atoms with Gasteiger partial charge in [0.15, 0.2) is 11.6 Å². The van der Waals surface area contributed by atoms with E-state index in [0.717, 1.165) is 0 Å². The highest BCUT2D eigenvalue weighted by molar-refractivity contribution is 7.89. The second kappa shape index (κ2) is 8.29. The van der Waals surface area contributed by atoms with Gasteiger partial charge in [-0.2, -0.15) is 4.31 Å². The van der Waals surface area contributed by atoms with Crippen molar-refractivity contribution in [2.24, 2.45) is 0 Å². The number of ether oxygens (including phenoxy) is 1. The summed E-state index contributed by atoms with van der Waals surface area (Å²) < 4.78 is 45.6. The molecule has 6 nitrogen and oxygen atoms in total. The molecule has 2 aromatic carbocycles. The van der Waals surface area contributed by atoms with Crippen molar-refractivity contribution in [1.82, 2.24) is 4.31 Å². The lowest BCUT2D eigenvalue weighted by Crippen LogP contribution is -2.30. The molecule has 1 N–H and O–H groups in total. The summed E-state index contributed by atoms with van der Waals surface area (Å²) in [7, 11) is -2.39. The maximum atomic E-state index is 13.8. The minimum atomic E-state index is -3.76. The molecular weight excluding hydrogens is 359 g/mol. The third-order valence-corrected chi connectivity index (χ3v) is 5.68. The van der Waals surface area contributed by atoms with E-state index in [2.05, 4.69) is 5.32 Å². The van der Waals surface area contributed by atoms with Crippen LogP contribution in [0.4, 0.5) is 10.1 Å². The molecule has 26 heavy (non-hydrogen) atoms. The fraction of sp³-hybridized carbons (Fsp3) is 0.278. The quantitative estimate of drug-likeness (QED) is 0.801. The second-order valence-corrected chi connectivity index (χ2v) is 7.54. The number of nitrogens with one attached hydrogen (secondary N) is 1. The number of methoxy groups -OCH3 is 1. The topological polar surface area (TPSA) is 75.7 Å². The molecule has 0 saturated heterocycles. The lowest BCUT2D eigenvalue weighted by atomic mass is 10.2. The van der Waals surface area contributed by atoms with Crippen LogP contribution in [0.2, 0.25) is 0 Å². The summed E-state index contributed by atoms with van der Waals surface area (Å²) >= 11 is 0. The summed E-state index contributed by atoms with van der Waals surface area (Å²) in [6.07, 6.45) is 0. The van der Waals surface area contributed by atoms with Crippen molar-refractivity contribution < 1.29 is 22.3 Å². The van der Waals surface area contributed by atoms with Gasteiger partial charge >= 0.3 is 0 Å². The molecule has 8 heteroatoms. The Balaban J connectivity index is 2.24. The van der Waals surface area contributed by atoms with E-state index in [0.29, 0.717) is 11.3 Å². The third-order valence-electron chi connectivity index (χ3n) is 3.74. The Morgan fingerprint density at radius 2 is 1.85 bits per heavy atom. The maximum absolute atomic E-state index is 13.8. The zero-order valence-corrected chi connectivity index (χ0v) is 15.6. The smallest absolute Gasteiger partial charge is 0.243 e. The molecule has 0 bridgehead atoms. The zero-order chi connectivity index (χ0) is 19.3. The summed E-state index contributed by atoms with van der Waals surface area (Å²) in [5.41, 5.74) is 1.03. The third kappa shape index (κ3) is 4.59. The molecule has 0 aliphatic rings. The number of hydrogen-bond donors (Lipinski definition) is 1. The Hall–Kier alpha value is -2.45. The molecule has 0 spiro atoms. The minimum Gasteiger partial charge on any atom is -0.494 e. The molecule has 140 valence electrons. The van der Waals surface area contributed by atoms with Crippen LogP contribution in [0.15, 0.2) is 47.4 Å². The first-order valence-electron chi connectivity index (χ1n) is 7.98. The highest BCUT2D eigenvalue weighted by Gasteiger charge is 2.23. The highest BCUT2D eigenvalue weighted by Crippen LogP contribution is 2.23. The number of halogens is 1. The van der Waals surface area contributed by atoms with Crippen molar-refractivity contribution in [2.75, 3.05) is 19.0 Å². The summed E-state index contributed by atoms with van der Waals surface area (Å²) in [5, 5.41) is 2.58. The van der Waals surface area contributed by atoms with Gasteiger partial charge < -0.3 is 10.1 Å². The van der Waals surface area contributed by atoms with Crippen LogP contribution >= 0.6 is 0 Å². The van der Waals surface area contributed by atoms with Crippen molar-refractivity contribution in [3.05, 3.63) is 53.8 Å². The first-order valence-corrected chi connectivity index (χ1v) is 9.42. The van der Waals surface area contributed by atoms with E-state index < -0.39 is 15.8 Å². The van der Waals surface area contributed by atoms with Crippen molar-refractivity contribution >= 4 is 21.6 Å². The Labute approximate surface area is 152 Å². The van der Waals surface area contributed by atoms with Gasteiger partial charge in [0.25, 0.3) is 0 Å². The highest BCUT2D eigenvalue weighted by atomic mass is 32.2. The van der Waals surface area contributed by atoms with E-state index in [9.17, 15) is 17.6 Å². The van der Waals surface area contributed by atoms with E-state index in [-0.39, 0.29) is 29.6 Å². The van der Waals surface area contributed by atoms with Gasteiger partial charge in [-0.15, -0.1) is 0 Å². The molecule has 0 atom stereocenters. The van der Waals surface area contributed by atoms with Crippen molar-refractivity contribution in [3.8, 4) is 5.75 Å². The van der Waals surface area contributed by atoms with Gasteiger partial charge in [-0.1, -0.05) is 13.0 Å². The molecule has 0 heterocycles. The van der Waals surface area contributed by atoms with Gasteiger partial charge in [0.05, 0.1) is 12.0 Å². The molecule has 0 aromatic heterocycles. The Kier molecular flexibility index (Phi) is 6.33. The lowest BCUT2D eigenvalue weighted by molar-refractivity contribution is -0.114. The number of carbonyl (C=O) groups is 1. The summed E-state index contributed by atoms with van der Waals surface area (Å²) in [6, 6.07) is 10.3. The monoisotopic (exact) mass is 380 g/mol. The van der Waals surface area contributed by atoms with E-state index in [1.807, 2.05) is 0 Å². The first-order chi connectivity index (χ1) is 12.3. The summed E-state index contributed by atoms with van der Waals surface area (Å²) in [5.74, 6) is -0.677. The van der Waals surface area contributed by atoms with Gasteiger partial charge in [0, 0.05) is 25.7 Å². The molecule has 0 unspecified atom stereocenters. The van der Waals surface area contributed by atoms with E-state index in [1.54, 1.807) is 13.0 Å². The van der Waals surface area contributed by atoms with Crippen LogP contribution in [0, 0.1) is 5.82 Å². The summed E-state index contributed by atoms with van der Waals surface area (Å²) in [6.45, 7) is 3.34. The minimum absolute atomic E-state index is 0.0349. The van der Waals surface area contributed by atoms with Gasteiger partial charge in [0.1, 0.15) is 0 Å². The average Bonchev–Trinajstić information content (AvgIpc) is 2.59. The van der Waals surface area contributed by atoms with E-state index >= 15 is 0 Å². The standard InChI is InChI=1S/C18H21FN2O4S/c1-4-21(12-14-5-10-18(25-3)17(19)11-14)26(23,24)16-8-6-15(7-9-16)20-13(2)22/h5-11H,4,12H2,1-3H3,(H,20,22). The molecule has 0 aliphatic heterocycles. The van der Waals surface area contributed by atoms with Gasteiger partial charge in [-0.3, -0.25) is 4.79 Å². The number of carbonyl (C=O) groups excluding carboxylic acids is 1. The van der Waals surface area contributed by atoms with Crippen LogP contribution in [0.1, 0.15) is 19.4 Å². The number of anilines is 1. The molecular formula is C18H21FN2O4S. The Morgan fingerprint density at radius 3 is 2.35 bits per heavy atom. The maximum Gasteiger partial charge on any atom is 0.243 e. The van der Waals surface area contributed by atoms with E-state index in [4.69, 9.17) is 4.74 Å². The number of amides is 1. The van der Waals surface area contributed by atoms with Crippen LogP contribution in [-0.2, 0) is 21.4 Å². The van der Waals surface area contributed by atoms with Crippen LogP contribution in [-0.4, -0.2) is 32.3 Å². The normalized spacial score (nSPS) is 11.4. The van der Waals surface area contributed by atoms with Crippen molar-refractivity contribution in [2.45, 2.75) is 25.3 Å². The van der Waals surface area contributed by atoms with Gasteiger partial charge in [-0.05, 0) is 42.0 Å². The Bertz CT molecular complexity index is 883. The number of hydrogen-bond acceptors (Lipinski definition) is 4. The predicted octanol–water partition coefficient (Wildman–Crippen LogP) is 3.00. The van der Waals surface area contributed by atoms with Crippen LogP contribution in [0.25, 0.3) is 0 Å². The average molecular weight is 380 g/mol. The number of rotatable bonds is 7. The van der Waals surface area contributed by atoms with E-state index in [1.165, 1.54) is 54.7 Å². The lowest BCUT2D eigenvalue weighted by Gasteiger charge is -2.21. The first kappa shape index (κ1) is 19.9. The summed E-state index contributed by atoms with van der Waals surface area (Å²) in [4.78, 5) is 11.1. The van der Waals surface area contributed by atoms with Crippen molar-refractivity contribution in [3.63, 3.8) is 0 Å². The van der Waals surface area contributed by atoms with Gasteiger partial charge in [0.2, 0.25) is 15.9 Å². The molecule has 0 radical (unpaired) electrons. The SMILES string of the molecule is CCN(Cc1ccc(OC)c(F)c1)S(=O)(=O)c1ccc(NC(C)=O)cc1. The zero-order valence-electron chi connectivity index (χ0n) is 14.8. The van der Waals surface area contributed by atoms with Crippen LogP contribution < -0.4 is 10.1 Å². The molecule has 0 fully saturated rings. The Morgan fingerprint density at radius 1 is 1.19 bits per heavy atom. The molecule has 2 rings (SSSR count). The fourth-order valence-electron chi connectivity index (χ4n) is 2.44. The number of sulfonamides is 1. The fourth-order valence-corrected chi connectivity index (χ4v) is 3.88. The molecule has 2 aromatic rings. The molecule has 0 saturated carbocycles. The molecule has 0 aliphatic carbocycles. The van der Waals surface area contributed by atoms with Crippen LogP contribution in [0.5, 0.6) is 5.75 Å². The molecule has 1 amide bonds. The van der Waals surface area contributed by atoms with Gasteiger partial charge in [-0.25, -0.2) is 12.8 Å². The van der Waals surface area contributed by atoms with Crippen molar-refractivity contribution in [1.29, 1.82) is 0 Å². The number of benzene rings is 2. The van der Waals surface area contributed by atoms with Crippen LogP contribution in [0.3, 0.4) is 0 Å². The largest absolute Gasteiger partial charge is 0.494 e. The second-order valence-electron chi connectivity index (χ2n) is 5.61. The predicted molar refractivity (Wildman–Crippen MR) is 97.0 cm³/mol.